The number of carbonyl (C=O) groups is 1. The van der Waals surface area contributed by atoms with Gasteiger partial charge in [-0.3, -0.25) is 0 Å². The van der Waals surface area contributed by atoms with Crippen LogP contribution in [0.1, 0.15) is 23.5 Å². The lowest BCUT2D eigenvalue weighted by atomic mass is 10.4. The first-order valence-electron chi connectivity index (χ1n) is 4.73. The van der Waals surface area contributed by atoms with E-state index in [0.29, 0.717) is 15.8 Å². The van der Waals surface area contributed by atoms with Gasteiger partial charge < -0.3 is 15.4 Å². The van der Waals surface area contributed by atoms with E-state index in [1.807, 2.05) is 18.7 Å². The van der Waals surface area contributed by atoms with E-state index in [2.05, 4.69) is 9.72 Å². The highest BCUT2D eigenvalue weighted by atomic mass is 32.1. The second kappa shape index (κ2) is 4.97. The van der Waals surface area contributed by atoms with Gasteiger partial charge in [-0.1, -0.05) is 11.3 Å². The minimum atomic E-state index is -0.383. The average molecular weight is 229 g/mol. The first-order valence-corrected chi connectivity index (χ1v) is 5.55. The van der Waals surface area contributed by atoms with Gasteiger partial charge in [0.25, 0.3) is 0 Å². The average Bonchev–Trinajstić information content (AvgIpc) is 2.61. The number of aromatic nitrogens is 1. The molecule has 0 atom stereocenters. The van der Waals surface area contributed by atoms with Gasteiger partial charge in [0.1, 0.15) is 0 Å². The summed E-state index contributed by atoms with van der Waals surface area (Å²) in [5.41, 5.74) is 5.59. The highest BCUT2D eigenvalue weighted by molar-refractivity contribution is 7.17. The van der Waals surface area contributed by atoms with E-state index >= 15 is 0 Å². The summed E-state index contributed by atoms with van der Waals surface area (Å²) in [5.74, 6) is 0.237. The number of rotatable bonds is 4. The van der Waals surface area contributed by atoms with Crippen molar-refractivity contribution < 1.29 is 9.53 Å². The fourth-order valence-electron chi connectivity index (χ4n) is 1.29. The van der Waals surface area contributed by atoms with Crippen molar-refractivity contribution in [3.8, 4) is 0 Å². The van der Waals surface area contributed by atoms with Crippen LogP contribution in [-0.4, -0.2) is 31.2 Å². The molecule has 0 radical (unpaired) electrons. The number of anilines is 2. The molecule has 84 valence electrons. The number of hydrogen-bond acceptors (Lipinski definition) is 6. The minimum Gasteiger partial charge on any atom is -0.465 e. The normalized spacial score (nSPS) is 10.1. The van der Waals surface area contributed by atoms with Gasteiger partial charge in [0, 0.05) is 13.1 Å². The topological polar surface area (TPSA) is 68.5 Å². The summed E-state index contributed by atoms with van der Waals surface area (Å²) in [6.07, 6.45) is 0. The SMILES string of the molecule is CCN(CC)c1nc(N)sc1C(=O)OC. The Hall–Kier alpha value is -1.30. The quantitative estimate of drug-likeness (QED) is 0.789. The van der Waals surface area contributed by atoms with Gasteiger partial charge in [0.2, 0.25) is 0 Å². The number of nitrogens with zero attached hydrogens (tertiary/aromatic N) is 2. The fraction of sp³-hybridized carbons (Fsp3) is 0.556. The Bertz CT molecular complexity index is 347. The van der Waals surface area contributed by atoms with Crippen molar-refractivity contribution in [2.45, 2.75) is 13.8 Å². The Morgan fingerprint density at radius 3 is 2.60 bits per heavy atom. The molecule has 1 aromatic rings. The number of methoxy groups -OCH3 is 1. The Labute approximate surface area is 92.9 Å². The Morgan fingerprint density at radius 2 is 2.13 bits per heavy atom. The molecular formula is C9H15N3O2S. The molecule has 0 aliphatic heterocycles. The first-order chi connectivity index (χ1) is 7.13. The third-order valence-electron chi connectivity index (χ3n) is 2.06. The van der Waals surface area contributed by atoms with Crippen molar-refractivity contribution >= 4 is 28.3 Å². The first kappa shape index (κ1) is 11.8. The number of esters is 1. The van der Waals surface area contributed by atoms with Crippen molar-refractivity contribution in [1.29, 1.82) is 0 Å². The largest absolute Gasteiger partial charge is 0.465 e. The molecule has 5 nitrogen and oxygen atoms in total. The fourth-order valence-corrected chi connectivity index (χ4v) is 2.07. The van der Waals surface area contributed by atoms with Gasteiger partial charge in [0.15, 0.2) is 15.8 Å². The van der Waals surface area contributed by atoms with Crippen LogP contribution in [0.4, 0.5) is 10.9 Å². The number of nitrogen functional groups attached to an aromatic ring is 1. The van der Waals surface area contributed by atoms with Crippen LogP contribution in [-0.2, 0) is 4.74 Å². The van der Waals surface area contributed by atoms with Crippen LogP contribution in [0.2, 0.25) is 0 Å². The third kappa shape index (κ3) is 2.38. The predicted octanol–water partition coefficient (Wildman–Crippen LogP) is 1.36. The van der Waals surface area contributed by atoms with Crippen molar-refractivity contribution in [2.24, 2.45) is 0 Å². The number of ether oxygens (including phenoxy) is 1. The molecule has 0 bridgehead atoms. The summed E-state index contributed by atoms with van der Waals surface area (Å²) >= 11 is 1.16. The standard InChI is InChI=1S/C9H15N3O2S/c1-4-12(5-2)7-6(8(13)14-3)15-9(10)11-7/h4-5H2,1-3H3,(H2,10,11). The summed E-state index contributed by atoms with van der Waals surface area (Å²) in [6.45, 7) is 5.56. The molecule has 15 heavy (non-hydrogen) atoms. The molecule has 0 saturated carbocycles. The molecule has 0 saturated heterocycles. The zero-order valence-electron chi connectivity index (χ0n) is 9.11. The van der Waals surface area contributed by atoms with Crippen LogP contribution in [0.15, 0.2) is 0 Å². The molecule has 0 aliphatic carbocycles. The molecule has 1 heterocycles. The zero-order valence-corrected chi connectivity index (χ0v) is 9.93. The summed E-state index contributed by atoms with van der Waals surface area (Å²) in [7, 11) is 1.35. The lowest BCUT2D eigenvalue weighted by Crippen LogP contribution is -2.24. The maximum Gasteiger partial charge on any atom is 0.352 e. The van der Waals surface area contributed by atoms with Gasteiger partial charge >= 0.3 is 5.97 Å². The molecule has 0 aromatic carbocycles. The monoisotopic (exact) mass is 229 g/mol. The van der Waals surface area contributed by atoms with Crippen LogP contribution in [0, 0.1) is 0 Å². The van der Waals surface area contributed by atoms with Crippen LogP contribution >= 0.6 is 11.3 Å². The number of carbonyl (C=O) groups excluding carboxylic acids is 1. The molecule has 1 rings (SSSR count). The van der Waals surface area contributed by atoms with Gasteiger partial charge in [-0.15, -0.1) is 0 Å². The highest BCUT2D eigenvalue weighted by Gasteiger charge is 2.20. The second-order valence-electron chi connectivity index (χ2n) is 2.87. The van der Waals surface area contributed by atoms with E-state index in [9.17, 15) is 4.79 Å². The molecule has 6 heteroatoms. The van der Waals surface area contributed by atoms with E-state index < -0.39 is 0 Å². The zero-order chi connectivity index (χ0) is 11.4. The van der Waals surface area contributed by atoms with Crippen LogP contribution in [0.3, 0.4) is 0 Å². The smallest absolute Gasteiger partial charge is 0.352 e. The van der Waals surface area contributed by atoms with Crippen molar-refractivity contribution in [3.63, 3.8) is 0 Å². The van der Waals surface area contributed by atoms with Crippen molar-refractivity contribution in [1.82, 2.24) is 4.98 Å². The van der Waals surface area contributed by atoms with Gasteiger partial charge in [-0.25, -0.2) is 9.78 Å². The summed E-state index contributed by atoms with van der Waals surface area (Å²) in [6, 6.07) is 0. The molecule has 0 spiro atoms. The van der Waals surface area contributed by atoms with Gasteiger partial charge in [-0.2, -0.15) is 0 Å². The maximum atomic E-state index is 11.4. The Balaban J connectivity index is 3.10. The highest BCUT2D eigenvalue weighted by Crippen LogP contribution is 2.28. The van der Waals surface area contributed by atoms with Crippen LogP contribution in [0.5, 0.6) is 0 Å². The molecule has 0 aliphatic rings. The Kier molecular flexibility index (Phi) is 3.90. The molecule has 1 aromatic heterocycles. The molecule has 0 amide bonds. The minimum absolute atomic E-state index is 0.383. The van der Waals surface area contributed by atoms with E-state index in [4.69, 9.17) is 5.73 Å². The van der Waals surface area contributed by atoms with Crippen LogP contribution < -0.4 is 10.6 Å². The third-order valence-corrected chi connectivity index (χ3v) is 2.91. The number of hydrogen-bond donors (Lipinski definition) is 1. The van der Waals surface area contributed by atoms with Crippen molar-refractivity contribution in [3.05, 3.63) is 4.88 Å². The van der Waals surface area contributed by atoms with E-state index in [-0.39, 0.29) is 5.97 Å². The second-order valence-corrected chi connectivity index (χ2v) is 3.90. The summed E-state index contributed by atoms with van der Waals surface area (Å²) < 4.78 is 4.68. The molecule has 0 fully saturated rings. The van der Waals surface area contributed by atoms with Gasteiger partial charge in [0.05, 0.1) is 7.11 Å². The van der Waals surface area contributed by atoms with E-state index in [1.54, 1.807) is 0 Å². The summed E-state index contributed by atoms with van der Waals surface area (Å²) in [4.78, 5) is 18.0. The predicted molar refractivity (Wildman–Crippen MR) is 61.4 cm³/mol. The van der Waals surface area contributed by atoms with Crippen molar-refractivity contribution in [2.75, 3.05) is 30.8 Å². The molecule has 2 N–H and O–H groups in total. The lowest BCUT2D eigenvalue weighted by molar-refractivity contribution is 0.0606. The molecular weight excluding hydrogens is 214 g/mol. The van der Waals surface area contributed by atoms with E-state index in [1.165, 1.54) is 7.11 Å². The number of nitrogens with two attached hydrogens (primary N) is 1. The summed E-state index contributed by atoms with van der Waals surface area (Å²) in [5, 5.41) is 0.386. The maximum absolute atomic E-state index is 11.4. The van der Waals surface area contributed by atoms with E-state index in [0.717, 1.165) is 24.4 Å². The van der Waals surface area contributed by atoms with Gasteiger partial charge in [-0.05, 0) is 13.8 Å². The number of thiazole rings is 1. The molecule has 0 unspecified atom stereocenters. The van der Waals surface area contributed by atoms with Crippen LogP contribution in [0.25, 0.3) is 0 Å². The Morgan fingerprint density at radius 1 is 1.53 bits per heavy atom. The lowest BCUT2D eigenvalue weighted by Gasteiger charge is -2.18.